The number of hydrogen-bond acceptors (Lipinski definition) is 6. The van der Waals surface area contributed by atoms with Gasteiger partial charge in [-0.2, -0.15) is 5.10 Å². The number of nitrogens with zero attached hydrogens (tertiary/aromatic N) is 2. The Balaban J connectivity index is 1.97. The van der Waals surface area contributed by atoms with Crippen LogP contribution >= 0.6 is 0 Å². The zero-order valence-corrected chi connectivity index (χ0v) is 17.2. The van der Waals surface area contributed by atoms with Gasteiger partial charge in [0.05, 0.1) is 35.7 Å². The molecule has 154 valence electrons. The lowest BCUT2D eigenvalue weighted by Gasteiger charge is -2.09. The van der Waals surface area contributed by atoms with Crippen molar-refractivity contribution in [3.05, 3.63) is 60.3 Å². The molecule has 3 aromatic rings. The van der Waals surface area contributed by atoms with E-state index in [0.717, 1.165) is 28.4 Å². The van der Waals surface area contributed by atoms with Crippen molar-refractivity contribution in [1.29, 1.82) is 0 Å². The molecule has 0 amide bonds. The van der Waals surface area contributed by atoms with Crippen LogP contribution in [0.2, 0.25) is 0 Å². The van der Waals surface area contributed by atoms with Crippen LogP contribution in [0.15, 0.2) is 59.5 Å². The molecule has 0 spiro atoms. The third-order valence-corrected chi connectivity index (χ3v) is 5.48. The number of aliphatic hydroxyl groups is 1. The molecular weight excluding hydrogens is 392 g/mol. The van der Waals surface area contributed by atoms with E-state index in [0.29, 0.717) is 19.6 Å². The summed E-state index contributed by atoms with van der Waals surface area (Å²) in [6.45, 7) is 0.847. The molecule has 0 bridgehead atoms. The Morgan fingerprint density at radius 1 is 1.07 bits per heavy atom. The monoisotopic (exact) mass is 416 g/mol. The van der Waals surface area contributed by atoms with Crippen LogP contribution in [0, 0.1) is 0 Å². The van der Waals surface area contributed by atoms with E-state index in [9.17, 15) is 8.42 Å². The highest BCUT2D eigenvalue weighted by Gasteiger charge is 2.14. The molecule has 2 aromatic carbocycles. The average molecular weight is 416 g/mol. The number of methoxy groups -OCH3 is 1. The van der Waals surface area contributed by atoms with Crippen molar-refractivity contribution >= 4 is 9.84 Å². The number of benzene rings is 2. The minimum Gasteiger partial charge on any atom is -0.497 e. The summed E-state index contributed by atoms with van der Waals surface area (Å²) in [6, 6.07) is 16.1. The maximum atomic E-state index is 11.7. The number of aliphatic hydroxyl groups excluding tert-OH is 1. The lowest BCUT2D eigenvalue weighted by Crippen LogP contribution is -2.02. The molecule has 3 rings (SSSR count). The van der Waals surface area contributed by atoms with Crippen molar-refractivity contribution in [2.45, 2.75) is 17.9 Å². The fourth-order valence-electron chi connectivity index (χ4n) is 2.84. The molecule has 0 saturated carbocycles. The largest absolute Gasteiger partial charge is 0.497 e. The molecule has 0 saturated heterocycles. The first-order chi connectivity index (χ1) is 13.9. The molecule has 1 heterocycles. The van der Waals surface area contributed by atoms with Gasteiger partial charge in [-0.1, -0.05) is 12.1 Å². The summed E-state index contributed by atoms with van der Waals surface area (Å²) in [5.41, 5.74) is 3.23. The van der Waals surface area contributed by atoms with Gasteiger partial charge < -0.3 is 14.6 Å². The second kappa shape index (κ2) is 9.21. The minimum absolute atomic E-state index is 0.0816. The van der Waals surface area contributed by atoms with Gasteiger partial charge in [0.15, 0.2) is 9.84 Å². The molecule has 1 aromatic heterocycles. The van der Waals surface area contributed by atoms with Crippen molar-refractivity contribution in [2.75, 3.05) is 26.6 Å². The Morgan fingerprint density at radius 3 is 2.34 bits per heavy atom. The third kappa shape index (κ3) is 5.23. The summed E-state index contributed by atoms with van der Waals surface area (Å²) in [7, 11) is -1.65. The Bertz CT molecular complexity index is 1040. The Kier molecular flexibility index (Phi) is 6.68. The van der Waals surface area contributed by atoms with E-state index in [1.807, 2.05) is 30.3 Å². The van der Waals surface area contributed by atoms with Gasteiger partial charge in [-0.25, -0.2) is 13.1 Å². The van der Waals surface area contributed by atoms with Gasteiger partial charge in [0.1, 0.15) is 5.75 Å². The lowest BCUT2D eigenvalue weighted by atomic mass is 10.1. The zero-order chi connectivity index (χ0) is 20.9. The maximum absolute atomic E-state index is 11.7. The number of hydrogen-bond donors (Lipinski definition) is 1. The van der Waals surface area contributed by atoms with E-state index in [4.69, 9.17) is 14.6 Å². The SMILES string of the molecule is COc1ccc(-n2nc(COCCCO)cc2-c2ccc(S(C)(=O)=O)cc2)cc1. The summed E-state index contributed by atoms with van der Waals surface area (Å²) in [5.74, 6) is 0.743. The van der Waals surface area contributed by atoms with Crippen LogP contribution in [-0.4, -0.2) is 49.9 Å². The van der Waals surface area contributed by atoms with Crippen LogP contribution in [-0.2, 0) is 21.2 Å². The van der Waals surface area contributed by atoms with E-state index in [1.165, 1.54) is 6.26 Å². The van der Waals surface area contributed by atoms with E-state index in [1.54, 1.807) is 36.1 Å². The first kappa shape index (κ1) is 21.0. The Labute approximate surface area is 170 Å². The number of sulfone groups is 1. The van der Waals surface area contributed by atoms with Crippen LogP contribution < -0.4 is 4.74 Å². The molecule has 0 atom stereocenters. The molecule has 29 heavy (non-hydrogen) atoms. The maximum Gasteiger partial charge on any atom is 0.175 e. The van der Waals surface area contributed by atoms with Gasteiger partial charge in [-0.15, -0.1) is 0 Å². The van der Waals surface area contributed by atoms with Gasteiger partial charge in [-0.05, 0) is 48.9 Å². The van der Waals surface area contributed by atoms with E-state index >= 15 is 0 Å². The third-order valence-electron chi connectivity index (χ3n) is 4.35. The zero-order valence-electron chi connectivity index (χ0n) is 16.4. The first-order valence-corrected chi connectivity index (χ1v) is 11.0. The quantitative estimate of drug-likeness (QED) is 0.540. The van der Waals surface area contributed by atoms with Gasteiger partial charge >= 0.3 is 0 Å². The second-order valence-electron chi connectivity index (χ2n) is 6.56. The van der Waals surface area contributed by atoms with Crippen molar-refractivity contribution < 1.29 is 23.0 Å². The van der Waals surface area contributed by atoms with Gasteiger partial charge in [0.25, 0.3) is 0 Å². The smallest absolute Gasteiger partial charge is 0.175 e. The predicted molar refractivity (Wildman–Crippen MR) is 110 cm³/mol. The van der Waals surface area contributed by atoms with Crippen molar-refractivity contribution in [2.24, 2.45) is 0 Å². The molecule has 0 unspecified atom stereocenters. The second-order valence-corrected chi connectivity index (χ2v) is 8.57. The normalized spacial score (nSPS) is 11.6. The van der Waals surface area contributed by atoms with E-state index in [-0.39, 0.29) is 11.5 Å². The number of aromatic nitrogens is 2. The highest BCUT2D eigenvalue weighted by Crippen LogP contribution is 2.26. The highest BCUT2D eigenvalue weighted by molar-refractivity contribution is 7.90. The number of ether oxygens (including phenoxy) is 2. The number of rotatable bonds is 9. The van der Waals surface area contributed by atoms with Gasteiger partial charge in [0.2, 0.25) is 0 Å². The lowest BCUT2D eigenvalue weighted by molar-refractivity contribution is 0.102. The summed E-state index contributed by atoms with van der Waals surface area (Å²) < 4.78 is 36.1. The van der Waals surface area contributed by atoms with Crippen LogP contribution in [0.1, 0.15) is 12.1 Å². The molecule has 7 nitrogen and oxygen atoms in total. The van der Waals surface area contributed by atoms with E-state index in [2.05, 4.69) is 5.10 Å². The van der Waals surface area contributed by atoms with Gasteiger partial charge in [0, 0.05) is 25.0 Å². The van der Waals surface area contributed by atoms with Crippen molar-refractivity contribution in [3.8, 4) is 22.7 Å². The van der Waals surface area contributed by atoms with Crippen LogP contribution in [0.3, 0.4) is 0 Å². The average Bonchev–Trinajstić information content (AvgIpc) is 3.15. The predicted octanol–water partition coefficient (Wildman–Crippen LogP) is 2.85. The molecule has 0 radical (unpaired) electrons. The molecule has 0 aliphatic carbocycles. The minimum atomic E-state index is -3.26. The van der Waals surface area contributed by atoms with Crippen LogP contribution in [0.4, 0.5) is 0 Å². The molecule has 0 aliphatic rings. The standard InChI is InChI=1S/C21H24N2O5S/c1-27-19-8-6-18(7-9-19)23-21(14-17(22-23)15-28-13-3-12-24)16-4-10-20(11-5-16)29(2,25)26/h4-11,14,24H,3,12-13,15H2,1-2H3. The summed E-state index contributed by atoms with van der Waals surface area (Å²) >= 11 is 0. The van der Waals surface area contributed by atoms with Crippen LogP contribution in [0.5, 0.6) is 5.75 Å². The molecule has 1 N–H and O–H groups in total. The summed E-state index contributed by atoms with van der Waals surface area (Å²) in [5, 5.41) is 13.5. The van der Waals surface area contributed by atoms with Crippen molar-refractivity contribution in [3.63, 3.8) is 0 Å². The molecular formula is C21H24N2O5S. The fraction of sp³-hybridized carbons (Fsp3) is 0.286. The Hall–Kier alpha value is -2.68. The molecule has 0 aliphatic heterocycles. The summed E-state index contributed by atoms with van der Waals surface area (Å²) in [4.78, 5) is 0.268. The first-order valence-electron chi connectivity index (χ1n) is 9.15. The highest BCUT2D eigenvalue weighted by atomic mass is 32.2. The molecule has 8 heteroatoms. The van der Waals surface area contributed by atoms with Crippen LogP contribution in [0.25, 0.3) is 16.9 Å². The topological polar surface area (TPSA) is 90.7 Å². The van der Waals surface area contributed by atoms with Gasteiger partial charge in [-0.3, -0.25) is 0 Å². The Morgan fingerprint density at radius 2 is 1.76 bits per heavy atom. The van der Waals surface area contributed by atoms with E-state index < -0.39 is 9.84 Å². The summed E-state index contributed by atoms with van der Waals surface area (Å²) in [6.07, 6.45) is 1.75. The molecule has 0 fully saturated rings. The van der Waals surface area contributed by atoms with Crippen molar-refractivity contribution in [1.82, 2.24) is 9.78 Å². The fourth-order valence-corrected chi connectivity index (χ4v) is 3.47.